The molecule has 4 heterocycles. The summed E-state index contributed by atoms with van der Waals surface area (Å²) in [5.41, 5.74) is 4.66. The highest BCUT2D eigenvalue weighted by Crippen LogP contribution is 2.45. The van der Waals surface area contributed by atoms with E-state index < -0.39 is 11.9 Å². The zero-order valence-electron chi connectivity index (χ0n) is 15.0. The molecule has 1 fully saturated rings. The highest BCUT2D eigenvalue weighted by atomic mass is 32.1. The van der Waals surface area contributed by atoms with Crippen molar-refractivity contribution in [3.63, 3.8) is 0 Å². The second kappa shape index (κ2) is 6.32. The van der Waals surface area contributed by atoms with Crippen LogP contribution in [-0.2, 0) is 27.3 Å². The van der Waals surface area contributed by atoms with Crippen molar-refractivity contribution in [3.05, 3.63) is 57.9 Å². The van der Waals surface area contributed by atoms with Crippen LogP contribution in [0.1, 0.15) is 29.3 Å². The average molecular weight is 380 g/mol. The molecule has 3 aromatic rings. The zero-order valence-corrected chi connectivity index (χ0v) is 15.8. The Morgan fingerprint density at radius 1 is 1.30 bits per heavy atom. The first-order valence-electron chi connectivity index (χ1n) is 9.15. The van der Waals surface area contributed by atoms with E-state index in [1.165, 1.54) is 23.6 Å². The van der Waals surface area contributed by atoms with Gasteiger partial charge in [0, 0.05) is 23.1 Å². The van der Waals surface area contributed by atoms with Gasteiger partial charge >= 0.3 is 5.97 Å². The van der Waals surface area contributed by atoms with Gasteiger partial charge in [0.05, 0.1) is 19.2 Å². The Balaban J connectivity index is 1.62. The Morgan fingerprint density at radius 3 is 2.93 bits per heavy atom. The molecule has 2 aliphatic heterocycles. The number of methoxy groups -OCH3 is 1. The molecule has 27 heavy (non-hydrogen) atoms. The molecule has 1 aromatic carbocycles. The number of nitrogens with zero attached hydrogens (tertiary/aromatic N) is 1. The number of para-hydroxylation sites is 1. The molecule has 2 aromatic heterocycles. The summed E-state index contributed by atoms with van der Waals surface area (Å²) in [6.07, 6.45) is 1.10. The van der Waals surface area contributed by atoms with E-state index in [0.29, 0.717) is 19.4 Å². The summed E-state index contributed by atoms with van der Waals surface area (Å²) in [6.45, 7) is 0.716. The van der Waals surface area contributed by atoms with Gasteiger partial charge in [0.15, 0.2) is 5.78 Å². The quantitative estimate of drug-likeness (QED) is 0.558. The van der Waals surface area contributed by atoms with Crippen LogP contribution in [0.3, 0.4) is 0 Å². The molecule has 1 saturated heterocycles. The minimum Gasteiger partial charge on any atom is -0.468 e. The maximum absolute atomic E-state index is 13.2. The van der Waals surface area contributed by atoms with Crippen LogP contribution in [0.25, 0.3) is 10.9 Å². The van der Waals surface area contributed by atoms with Crippen LogP contribution >= 0.6 is 11.3 Å². The summed E-state index contributed by atoms with van der Waals surface area (Å²) >= 11 is 1.66. The lowest BCUT2D eigenvalue weighted by Gasteiger charge is -2.46. The molecule has 138 valence electrons. The van der Waals surface area contributed by atoms with E-state index in [0.717, 1.165) is 11.2 Å². The second-order valence-corrected chi connectivity index (χ2v) is 8.10. The van der Waals surface area contributed by atoms with Crippen LogP contribution in [0.15, 0.2) is 41.1 Å². The molecule has 0 saturated carbocycles. The summed E-state index contributed by atoms with van der Waals surface area (Å²) in [5, 5.41) is 5.36. The van der Waals surface area contributed by atoms with E-state index in [1.54, 1.807) is 11.3 Å². The Hall–Kier alpha value is -2.44. The van der Waals surface area contributed by atoms with E-state index in [9.17, 15) is 9.59 Å². The van der Waals surface area contributed by atoms with Crippen molar-refractivity contribution in [1.29, 1.82) is 0 Å². The van der Waals surface area contributed by atoms with Gasteiger partial charge in [-0.15, -0.1) is 0 Å². The fraction of sp³-hybridized carbons (Fsp3) is 0.333. The van der Waals surface area contributed by atoms with Crippen LogP contribution in [0.4, 0.5) is 0 Å². The summed E-state index contributed by atoms with van der Waals surface area (Å²) in [6, 6.07) is 10.0. The Kier molecular flexibility index (Phi) is 3.91. The van der Waals surface area contributed by atoms with Gasteiger partial charge in [-0.3, -0.25) is 14.5 Å². The fourth-order valence-corrected chi connectivity index (χ4v) is 5.34. The topological polar surface area (TPSA) is 62.4 Å². The van der Waals surface area contributed by atoms with E-state index in [2.05, 4.69) is 38.8 Å². The van der Waals surface area contributed by atoms with Crippen molar-refractivity contribution in [2.75, 3.05) is 7.11 Å². The number of ether oxygens (including phenoxy) is 1. The molecule has 0 aliphatic carbocycles. The van der Waals surface area contributed by atoms with Crippen molar-refractivity contribution >= 4 is 34.0 Å². The molecule has 2 aliphatic rings. The maximum Gasteiger partial charge on any atom is 0.316 e. The van der Waals surface area contributed by atoms with E-state index in [-0.39, 0.29) is 17.9 Å². The number of benzene rings is 1. The molecule has 5 rings (SSSR count). The minimum atomic E-state index is -0.678. The number of piperidine rings is 1. The van der Waals surface area contributed by atoms with Gasteiger partial charge in [-0.1, -0.05) is 18.2 Å². The number of hydrogen-bond donors (Lipinski definition) is 1. The van der Waals surface area contributed by atoms with Gasteiger partial charge in [-0.2, -0.15) is 11.3 Å². The number of hydrogen-bond acceptors (Lipinski definition) is 5. The number of ketones is 1. The number of thiophene rings is 1. The number of fused-ring (bicyclic) bond motifs is 6. The Labute approximate surface area is 160 Å². The standard InChI is InChI=1S/C21H20N2O3S/c1-26-21(25)15-9-17-19-14(13-4-2-3-5-16(13)22-19)8-18(20(15)24)23(17)10-12-6-7-27-11-12/h2-7,11,15,17-18,22H,8-10H2,1H3/t15?,17-,18?/m0/s1. The molecule has 2 bridgehead atoms. The molecule has 3 atom stereocenters. The first-order chi connectivity index (χ1) is 13.2. The second-order valence-electron chi connectivity index (χ2n) is 7.32. The van der Waals surface area contributed by atoms with Crippen molar-refractivity contribution in [2.24, 2.45) is 5.92 Å². The number of H-pyrrole nitrogens is 1. The van der Waals surface area contributed by atoms with Crippen molar-refractivity contribution in [1.82, 2.24) is 9.88 Å². The predicted molar refractivity (Wildman–Crippen MR) is 104 cm³/mol. The highest BCUT2D eigenvalue weighted by Gasteiger charge is 2.50. The maximum atomic E-state index is 13.2. The van der Waals surface area contributed by atoms with Gasteiger partial charge in [-0.05, 0) is 46.9 Å². The molecule has 6 heteroatoms. The van der Waals surface area contributed by atoms with Crippen LogP contribution in [0.5, 0.6) is 0 Å². The molecule has 2 unspecified atom stereocenters. The lowest BCUT2D eigenvalue weighted by Crippen LogP contribution is -2.56. The third-order valence-corrected chi connectivity index (χ3v) is 6.67. The third-order valence-electron chi connectivity index (χ3n) is 5.94. The first-order valence-corrected chi connectivity index (χ1v) is 10.1. The number of carbonyl (C=O) groups is 2. The van der Waals surface area contributed by atoms with Crippen LogP contribution in [0.2, 0.25) is 0 Å². The van der Waals surface area contributed by atoms with Crippen LogP contribution in [-0.4, -0.2) is 34.8 Å². The number of nitrogens with one attached hydrogen (secondary N) is 1. The fourth-order valence-electron chi connectivity index (χ4n) is 4.68. The number of rotatable bonds is 3. The third kappa shape index (κ3) is 2.55. The van der Waals surface area contributed by atoms with Gasteiger partial charge in [0.1, 0.15) is 5.92 Å². The van der Waals surface area contributed by atoms with E-state index in [1.807, 2.05) is 12.1 Å². The number of aromatic amines is 1. The largest absolute Gasteiger partial charge is 0.468 e. The molecule has 0 radical (unpaired) electrons. The van der Waals surface area contributed by atoms with Crippen LogP contribution in [0, 0.1) is 5.92 Å². The Morgan fingerprint density at radius 2 is 2.15 bits per heavy atom. The first kappa shape index (κ1) is 16.7. The summed E-state index contributed by atoms with van der Waals surface area (Å²) < 4.78 is 4.93. The number of carbonyl (C=O) groups excluding carboxylic acids is 2. The minimum absolute atomic E-state index is 0.00727. The molecular formula is C21H20N2O3S. The SMILES string of the molecule is COC(=O)C1C[C@H]2c3[nH]c4ccccc4c3CC(C1=O)N2Cc1ccsc1. The van der Waals surface area contributed by atoms with Gasteiger partial charge < -0.3 is 9.72 Å². The van der Waals surface area contributed by atoms with Gasteiger partial charge in [-0.25, -0.2) is 0 Å². The lowest BCUT2D eigenvalue weighted by molar-refractivity contribution is -0.156. The van der Waals surface area contributed by atoms with Gasteiger partial charge in [0.25, 0.3) is 0 Å². The van der Waals surface area contributed by atoms with Crippen molar-refractivity contribution in [2.45, 2.75) is 31.5 Å². The van der Waals surface area contributed by atoms with Gasteiger partial charge in [0.2, 0.25) is 0 Å². The number of aromatic nitrogens is 1. The number of Topliss-reactive ketones (excluding diaryl/α,β-unsaturated/α-hetero) is 1. The monoisotopic (exact) mass is 380 g/mol. The van der Waals surface area contributed by atoms with E-state index in [4.69, 9.17) is 4.74 Å². The Bertz CT molecular complexity index is 1020. The zero-order chi connectivity index (χ0) is 18.5. The molecular weight excluding hydrogens is 360 g/mol. The molecule has 5 nitrogen and oxygen atoms in total. The lowest BCUT2D eigenvalue weighted by atomic mass is 9.76. The van der Waals surface area contributed by atoms with Crippen LogP contribution < -0.4 is 0 Å². The normalized spacial score (nSPS) is 24.8. The molecule has 1 N–H and O–H groups in total. The van der Waals surface area contributed by atoms with E-state index >= 15 is 0 Å². The number of esters is 1. The average Bonchev–Trinajstić information content (AvgIpc) is 3.32. The van der Waals surface area contributed by atoms with Crippen molar-refractivity contribution < 1.29 is 14.3 Å². The highest BCUT2D eigenvalue weighted by molar-refractivity contribution is 7.07. The summed E-state index contributed by atoms with van der Waals surface area (Å²) in [7, 11) is 1.36. The molecule has 0 spiro atoms. The summed E-state index contributed by atoms with van der Waals surface area (Å²) in [4.78, 5) is 31.3. The molecule has 0 amide bonds. The smallest absolute Gasteiger partial charge is 0.316 e. The predicted octanol–water partition coefficient (Wildman–Crippen LogP) is 3.46. The summed E-state index contributed by atoms with van der Waals surface area (Å²) in [5.74, 6) is -1.10. The van der Waals surface area contributed by atoms with Crippen molar-refractivity contribution in [3.8, 4) is 0 Å².